The average molecular weight is 422 g/mol. The van der Waals surface area contributed by atoms with Gasteiger partial charge in [0.05, 0.1) is 11.4 Å². The maximum absolute atomic E-state index is 5.24. The number of fused-ring (bicyclic) bond motifs is 1. The summed E-state index contributed by atoms with van der Waals surface area (Å²) in [5.74, 6) is 1.47. The van der Waals surface area contributed by atoms with Crippen molar-refractivity contribution in [2.24, 2.45) is 0 Å². The first kappa shape index (κ1) is 20.6. The number of hydrogen-bond donors (Lipinski definition) is 1. The van der Waals surface area contributed by atoms with Crippen LogP contribution in [0.5, 0.6) is 0 Å². The maximum atomic E-state index is 5.24. The standard InChI is InChI=1S/C29H31N3/c1-21-16-17-28(22(2)19-21)32-29-25(15-9-10-18-30-29)27(31-32)20-26(23-11-5-3-6-12-23)24-13-7-4-8-14-24/h3-8,11-14,16-17,19,26,30H,9-10,15,18,20H2,1-2H3. The largest absolute Gasteiger partial charge is 0.370 e. The third-order valence-corrected chi connectivity index (χ3v) is 6.59. The molecular weight excluding hydrogens is 390 g/mol. The van der Waals surface area contributed by atoms with Gasteiger partial charge < -0.3 is 5.32 Å². The molecule has 162 valence electrons. The van der Waals surface area contributed by atoms with E-state index in [1.807, 2.05) is 0 Å². The Hall–Kier alpha value is -3.33. The first-order chi connectivity index (χ1) is 15.7. The molecule has 2 heterocycles. The van der Waals surface area contributed by atoms with Gasteiger partial charge in [0, 0.05) is 24.4 Å². The van der Waals surface area contributed by atoms with E-state index >= 15 is 0 Å². The summed E-state index contributed by atoms with van der Waals surface area (Å²) in [7, 11) is 0. The number of nitrogens with one attached hydrogen (secondary N) is 1. The van der Waals surface area contributed by atoms with Crippen LogP contribution in [0.1, 0.15) is 52.3 Å². The van der Waals surface area contributed by atoms with Crippen LogP contribution < -0.4 is 5.32 Å². The predicted octanol–water partition coefficient (Wildman–Crippen LogP) is 6.61. The van der Waals surface area contributed by atoms with E-state index in [1.54, 1.807) is 0 Å². The summed E-state index contributed by atoms with van der Waals surface area (Å²) in [4.78, 5) is 0. The molecule has 0 saturated heterocycles. The highest BCUT2D eigenvalue weighted by molar-refractivity contribution is 5.57. The van der Waals surface area contributed by atoms with Gasteiger partial charge in [0.1, 0.15) is 5.82 Å². The topological polar surface area (TPSA) is 29.9 Å². The van der Waals surface area contributed by atoms with E-state index in [1.165, 1.54) is 57.9 Å². The molecule has 5 rings (SSSR count). The smallest absolute Gasteiger partial charge is 0.133 e. The summed E-state index contributed by atoms with van der Waals surface area (Å²) in [6, 6.07) is 28.4. The SMILES string of the molecule is Cc1ccc(-n2nc(CC(c3ccccc3)c3ccccc3)c3c2NCCCC3)c(C)c1. The Morgan fingerprint density at radius 2 is 1.56 bits per heavy atom. The van der Waals surface area contributed by atoms with Crippen molar-refractivity contribution in [3.63, 3.8) is 0 Å². The molecule has 0 bridgehead atoms. The molecule has 1 aliphatic heterocycles. The second-order valence-corrected chi connectivity index (χ2v) is 8.94. The first-order valence-electron chi connectivity index (χ1n) is 11.7. The summed E-state index contributed by atoms with van der Waals surface area (Å²) >= 11 is 0. The summed E-state index contributed by atoms with van der Waals surface area (Å²) in [6.45, 7) is 5.34. The van der Waals surface area contributed by atoms with Gasteiger partial charge in [-0.3, -0.25) is 0 Å². The minimum absolute atomic E-state index is 0.284. The second-order valence-electron chi connectivity index (χ2n) is 8.94. The van der Waals surface area contributed by atoms with Crippen LogP contribution in [0, 0.1) is 13.8 Å². The third-order valence-electron chi connectivity index (χ3n) is 6.59. The fourth-order valence-corrected chi connectivity index (χ4v) is 4.95. The summed E-state index contributed by atoms with van der Waals surface area (Å²) < 4.78 is 2.16. The highest BCUT2D eigenvalue weighted by Gasteiger charge is 2.25. The predicted molar refractivity (Wildman–Crippen MR) is 133 cm³/mol. The number of hydrogen-bond acceptors (Lipinski definition) is 2. The van der Waals surface area contributed by atoms with Gasteiger partial charge in [-0.15, -0.1) is 0 Å². The van der Waals surface area contributed by atoms with Gasteiger partial charge in [-0.2, -0.15) is 5.10 Å². The van der Waals surface area contributed by atoms with Gasteiger partial charge in [0.25, 0.3) is 0 Å². The van der Waals surface area contributed by atoms with E-state index < -0.39 is 0 Å². The highest BCUT2D eigenvalue weighted by atomic mass is 15.3. The van der Waals surface area contributed by atoms with Crippen LogP contribution in [0.3, 0.4) is 0 Å². The quantitative estimate of drug-likeness (QED) is 0.393. The van der Waals surface area contributed by atoms with Gasteiger partial charge in [-0.1, -0.05) is 78.4 Å². The van der Waals surface area contributed by atoms with Crippen molar-refractivity contribution in [3.8, 4) is 5.69 Å². The van der Waals surface area contributed by atoms with Crippen LogP contribution in [0.4, 0.5) is 5.82 Å². The van der Waals surface area contributed by atoms with E-state index in [0.717, 1.165) is 19.4 Å². The lowest BCUT2D eigenvalue weighted by Crippen LogP contribution is -2.09. The molecule has 1 aliphatic rings. The Balaban J connectivity index is 1.61. The van der Waals surface area contributed by atoms with Crippen LogP contribution in [0.25, 0.3) is 5.69 Å². The van der Waals surface area contributed by atoms with Gasteiger partial charge in [-0.05, 0) is 55.9 Å². The van der Waals surface area contributed by atoms with E-state index in [0.29, 0.717) is 0 Å². The van der Waals surface area contributed by atoms with Gasteiger partial charge in [0.15, 0.2) is 0 Å². The van der Waals surface area contributed by atoms with Crippen LogP contribution in [-0.4, -0.2) is 16.3 Å². The zero-order valence-corrected chi connectivity index (χ0v) is 19.0. The van der Waals surface area contributed by atoms with Crippen molar-refractivity contribution in [3.05, 3.63) is 112 Å². The molecule has 4 aromatic rings. The summed E-state index contributed by atoms with van der Waals surface area (Å²) in [5, 5.41) is 8.95. The van der Waals surface area contributed by atoms with E-state index in [2.05, 4.69) is 103 Å². The fraction of sp³-hybridized carbons (Fsp3) is 0.276. The number of rotatable bonds is 5. The zero-order valence-electron chi connectivity index (χ0n) is 19.0. The Morgan fingerprint density at radius 3 is 2.22 bits per heavy atom. The molecule has 0 aliphatic carbocycles. The number of aromatic nitrogens is 2. The first-order valence-corrected chi connectivity index (χ1v) is 11.7. The van der Waals surface area contributed by atoms with Crippen molar-refractivity contribution in [1.82, 2.24) is 9.78 Å². The van der Waals surface area contributed by atoms with Crippen LogP contribution in [-0.2, 0) is 12.8 Å². The molecule has 3 aromatic carbocycles. The monoisotopic (exact) mass is 421 g/mol. The maximum Gasteiger partial charge on any atom is 0.133 e. The molecular formula is C29H31N3. The molecule has 3 nitrogen and oxygen atoms in total. The lowest BCUT2D eigenvalue weighted by Gasteiger charge is -2.18. The van der Waals surface area contributed by atoms with Crippen LogP contribution in [0.2, 0.25) is 0 Å². The summed E-state index contributed by atoms with van der Waals surface area (Å²) in [5.41, 5.74) is 9.00. The molecule has 32 heavy (non-hydrogen) atoms. The van der Waals surface area contributed by atoms with E-state index in [4.69, 9.17) is 5.10 Å². The Morgan fingerprint density at radius 1 is 0.875 bits per heavy atom. The van der Waals surface area contributed by atoms with Crippen molar-refractivity contribution in [1.29, 1.82) is 0 Å². The highest BCUT2D eigenvalue weighted by Crippen LogP contribution is 2.34. The van der Waals surface area contributed by atoms with Crippen molar-refractivity contribution in [2.75, 3.05) is 11.9 Å². The van der Waals surface area contributed by atoms with Gasteiger partial charge in [0.2, 0.25) is 0 Å². The van der Waals surface area contributed by atoms with Crippen molar-refractivity contribution >= 4 is 5.82 Å². The van der Waals surface area contributed by atoms with Gasteiger partial charge in [-0.25, -0.2) is 4.68 Å². The molecule has 0 saturated carbocycles. The van der Waals surface area contributed by atoms with E-state index in [-0.39, 0.29) is 5.92 Å². The molecule has 0 atom stereocenters. The Labute approximate surface area is 191 Å². The molecule has 0 fully saturated rings. The second kappa shape index (κ2) is 9.04. The van der Waals surface area contributed by atoms with Crippen LogP contribution in [0.15, 0.2) is 78.9 Å². The Bertz CT molecular complexity index is 1150. The normalized spacial score (nSPS) is 13.5. The molecule has 1 aromatic heterocycles. The zero-order chi connectivity index (χ0) is 21.9. The number of aryl methyl sites for hydroxylation is 2. The summed E-state index contributed by atoms with van der Waals surface area (Å²) in [6.07, 6.45) is 4.38. The minimum Gasteiger partial charge on any atom is -0.370 e. The average Bonchev–Trinajstić information content (AvgIpc) is 2.98. The van der Waals surface area contributed by atoms with E-state index in [9.17, 15) is 0 Å². The fourth-order valence-electron chi connectivity index (χ4n) is 4.95. The molecule has 0 amide bonds. The molecule has 0 unspecified atom stereocenters. The minimum atomic E-state index is 0.284. The van der Waals surface area contributed by atoms with Crippen molar-refractivity contribution in [2.45, 2.75) is 45.4 Å². The molecule has 0 spiro atoms. The lowest BCUT2D eigenvalue weighted by atomic mass is 9.86. The lowest BCUT2D eigenvalue weighted by molar-refractivity contribution is 0.726. The number of nitrogens with zero attached hydrogens (tertiary/aromatic N) is 2. The van der Waals surface area contributed by atoms with Crippen molar-refractivity contribution < 1.29 is 0 Å². The molecule has 3 heteroatoms. The number of anilines is 1. The molecule has 1 N–H and O–H groups in total. The third kappa shape index (κ3) is 4.08. The van der Waals surface area contributed by atoms with Crippen LogP contribution >= 0.6 is 0 Å². The Kier molecular flexibility index (Phi) is 5.81. The number of benzene rings is 3. The van der Waals surface area contributed by atoms with Gasteiger partial charge >= 0.3 is 0 Å². The molecule has 0 radical (unpaired) electrons.